The highest BCUT2D eigenvalue weighted by Crippen LogP contribution is 2.48. The second kappa shape index (κ2) is 6.48. The summed E-state index contributed by atoms with van der Waals surface area (Å²) in [4.78, 5) is 19.2. The van der Waals surface area contributed by atoms with E-state index in [1.807, 2.05) is 0 Å². The van der Waals surface area contributed by atoms with Crippen molar-refractivity contribution in [1.82, 2.24) is 0 Å². The van der Waals surface area contributed by atoms with E-state index >= 15 is 0 Å². The summed E-state index contributed by atoms with van der Waals surface area (Å²) in [6.45, 7) is 1.72. The molecule has 0 bridgehead atoms. The van der Waals surface area contributed by atoms with Gasteiger partial charge in [0.05, 0.1) is 15.4 Å². The minimum atomic E-state index is -5.03. The minimum absolute atomic E-state index is 0.229. The van der Waals surface area contributed by atoms with Crippen LogP contribution in [0.15, 0.2) is 11.0 Å². The van der Waals surface area contributed by atoms with Gasteiger partial charge in [-0.3, -0.25) is 20.2 Å². The van der Waals surface area contributed by atoms with E-state index in [0.717, 1.165) is 11.8 Å². The Balaban J connectivity index is 3.73. The van der Waals surface area contributed by atoms with E-state index in [-0.39, 0.29) is 11.8 Å². The van der Waals surface area contributed by atoms with Crippen molar-refractivity contribution in [2.24, 2.45) is 0 Å². The molecule has 116 valence electrons. The Morgan fingerprint density at radius 1 is 1.29 bits per heavy atom. The van der Waals surface area contributed by atoms with Gasteiger partial charge in [-0.2, -0.15) is 13.2 Å². The zero-order chi connectivity index (χ0) is 16.4. The monoisotopic (exact) mass is 344 g/mol. The van der Waals surface area contributed by atoms with Crippen molar-refractivity contribution in [1.29, 1.82) is 0 Å². The van der Waals surface area contributed by atoms with Gasteiger partial charge in [0.2, 0.25) is 0 Å². The highest BCUT2D eigenvalue weighted by molar-refractivity contribution is 7.99. The van der Waals surface area contributed by atoms with Gasteiger partial charge in [-0.05, 0) is 12.2 Å². The van der Waals surface area contributed by atoms with E-state index in [4.69, 9.17) is 11.6 Å². The van der Waals surface area contributed by atoms with Gasteiger partial charge < -0.3 is 0 Å². The number of alkyl halides is 3. The fourth-order valence-electron chi connectivity index (χ4n) is 1.47. The third-order valence-electron chi connectivity index (χ3n) is 2.31. The second-order valence-electron chi connectivity index (χ2n) is 3.80. The molecule has 21 heavy (non-hydrogen) atoms. The maximum atomic E-state index is 12.8. The van der Waals surface area contributed by atoms with Crippen LogP contribution in [0.4, 0.5) is 24.5 Å². The van der Waals surface area contributed by atoms with Gasteiger partial charge in [-0.15, -0.1) is 11.8 Å². The van der Waals surface area contributed by atoms with Gasteiger partial charge >= 0.3 is 11.9 Å². The molecule has 0 heterocycles. The SMILES string of the molecule is CCCSc1c([N+](=O)[O-])cc(C(F)(F)F)c(Cl)c1[N+](=O)[O-]. The van der Waals surface area contributed by atoms with Crippen LogP contribution in [0.25, 0.3) is 0 Å². The maximum absolute atomic E-state index is 12.8. The molecule has 0 saturated carbocycles. The van der Waals surface area contributed by atoms with Crippen molar-refractivity contribution in [2.75, 3.05) is 5.75 Å². The lowest BCUT2D eigenvalue weighted by Gasteiger charge is -2.11. The van der Waals surface area contributed by atoms with Crippen molar-refractivity contribution in [3.8, 4) is 0 Å². The van der Waals surface area contributed by atoms with Crippen LogP contribution in [-0.2, 0) is 6.18 Å². The van der Waals surface area contributed by atoms with E-state index in [0.29, 0.717) is 6.42 Å². The summed E-state index contributed by atoms with van der Waals surface area (Å²) in [7, 11) is 0. The lowest BCUT2D eigenvalue weighted by molar-refractivity contribution is -0.400. The van der Waals surface area contributed by atoms with Crippen LogP contribution in [0.5, 0.6) is 0 Å². The average molecular weight is 345 g/mol. The van der Waals surface area contributed by atoms with E-state index in [2.05, 4.69) is 0 Å². The zero-order valence-electron chi connectivity index (χ0n) is 10.4. The van der Waals surface area contributed by atoms with Gasteiger partial charge in [0.1, 0.15) is 5.02 Å². The summed E-state index contributed by atoms with van der Waals surface area (Å²) in [5.74, 6) is 0.267. The molecule has 0 aliphatic rings. The molecule has 1 rings (SSSR count). The first kappa shape index (κ1) is 17.5. The van der Waals surface area contributed by atoms with Gasteiger partial charge in [-0.1, -0.05) is 18.5 Å². The summed E-state index contributed by atoms with van der Waals surface area (Å²) in [6.07, 6.45) is -4.50. The molecule has 1 aromatic rings. The molecule has 1 aromatic carbocycles. The standard InChI is InChI=1S/C10H8ClF3N2O4S/c1-2-3-21-9-6(15(17)18)4-5(10(12,13)14)7(11)8(9)16(19)20/h4H,2-3H2,1H3. The van der Waals surface area contributed by atoms with Crippen molar-refractivity contribution in [2.45, 2.75) is 24.4 Å². The molecule has 0 unspecified atom stereocenters. The van der Waals surface area contributed by atoms with Gasteiger partial charge in [-0.25, -0.2) is 0 Å². The van der Waals surface area contributed by atoms with Crippen LogP contribution >= 0.6 is 23.4 Å². The normalized spacial score (nSPS) is 11.5. The summed E-state index contributed by atoms with van der Waals surface area (Å²) in [6, 6.07) is 0.229. The van der Waals surface area contributed by atoms with E-state index in [1.165, 1.54) is 0 Å². The predicted octanol–water partition coefficient (Wildman–Crippen LogP) is 4.68. The Kier molecular flexibility index (Phi) is 5.40. The number of nitrogens with zero attached hydrogens (tertiary/aromatic N) is 2. The third kappa shape index (κ3) is 3.76. The van der Waals surface area contributed by atoms with Crippen molar-refractivity contribution >= 4 is 34.7 Å². The summed E-state index contributed by atoms with van der Waals surface area (Å²) in [5, 5.41) is 20.7. The molecular weight excluding hydrogens is 337 g/mol. The third-order valence-corrected chi connectivity index (χ3v) is 3.99. The average Bonchev–Trinajstić information content (AvgIpc) is 2.33. The number of nitro benzene ring substituents is 2. The Hall–Kier alpha value is -1.55. The Bertz CT molecular complexity index is 595. The van der Waals surface area contributed by atoms with Crippen LogP contribution in [0, 0.1) is 20.2 Å². The summed E-state index contributed by atoms with van der Waals surface area (Å²) < 4.78 is 38.3. The molecule has 0 saturated heterocycles. The Morgan fingerprint density at radius 3 is 2.24 bits per heavy atom. The molecule has 0 atom stereocenters. The first-order valence-corrected chi connectivity index (χ1v) is 6.82. The lowest BCUT2D eigenvalue weighted by atomic mass is 10.1. The fraction of sp³-hybridized carbons (Fsp3) is 0.400. The summed E-state index contributed by atoms with van der Waals surface area (Å²) >= 11 is 6.18. The molecule has 0 fully saturated rings. The first-order chi connectivity index (χ1) is 9.61. The topological polar surface area (TPSA) is 86.3 Å². The number of halogens is 4. The summed E-state index contributed by atoms with van der Waals surface area (Å²) in [5.41, 5.74) is -3.66. The second-order valence-corrected chi connectivity index (χ2v) is 5.28. The van der Waals surface area contributed by atoms with Crippen LogP contribution in [-0.4, -0.2) is 15.6 Å². The zero-order valence-corrected chi connectivity index (χ0v) is 12.0. The highest BCUT2D eigenvalue weighted by atomic mass is 35.5. The maximum Gasteiger partial charge on any atom is 0.418 e. The molecule has 0 N–H and O–H groups in total. The molecule has 0 aliphatic carbocycles. The smallest absolute Gasteiger partial charge is 0.258 e. The van der Waals surface area contributed by atoms with Gasteiger partial charge in [0, 0.05) is 6.07 Å². The minimum Gasteiger partial charge on any atom is -0.258 e. The molecule has 6 nitrogen and oxygen atoms in total. The van der Waals surface area contributed by atoms with Crippen molar-refractivity contribution < 1.29 is 23.0 Å². The quantitative estimate of drug-likeness (QED) is 0.440. The van der Waals surface area contributed by atoms with Gasteiger partial charge in [0.15, 0.2) is 4.90 Å². The number of hydrogen-bond donors (Lipinski definition) is 0. The van der Waals surface area contributed by atoms with E-state index in [9.17, 15) is 33.4 Å². The van der Waals surface area contributed by atoms with Crippen LogP contribution in [0.2, 0.25) is 5.02 Å². The molecule has 0 amide bonds. The fourth-order valence-corrected chi connectivity index (χ4v) is 2.85. The van der Waals surface area contributed by atoms with Crippen LogP contribution in [0.3, 0.4) is 0 Å². The Morgan fingerprint density at radius 2 is 1.86 bits per heavy atom. The molecule has 0 aliphatic heterocycles. The number of thioether (sulfide) groups is 1. The largest absolute Gasteiger partial charge is 0.418 e. The molecular formula is C10H8ClF3N2O4S. The predicted molar refractivity (Wildman–Crippen MR) is 70.8 cm³/mol. The van der Waals surface area contributed by atoms with E-state index in [1.54, 1.807) is 6.92 Å². The lowest BCUT2D eigenvalue weighted by Crippen LogP contribution is -2.10. The number of benzene rings is 1. The molecule has 0 radical (unpaired) electrons. The van der Waals surface area contributed by atoms with E-state index < -0.39 is 42.9 Å². The first-order valence-electron chi connectivity index (χ1n) is 5.46. The molecule has 0 spiro atoms. The Labute approximate surface area is 125 Å². The molecule has 0 aromatic heterocycles. The highest BCUT2D eigenvalue weighted by Gasteiger charge is 2.41. The molecule has 11 heteroatoms. The van der Waals surface area contributed by atoms with Crippen molar-refractivity contribution in [3.63, 3.8) is 0 Å². The van der Waals surface area contributed by atoms with Crippen LogP contribution in [0.1, 0.15) is 18.9 Å². The van der Waals surface area contributed by atoms with Gasteiger partial charge in [0.25, 0.3) is 5.69 Å². The van der Waals surface area contributed by atoms with Crippen molar-refractivity contribution in [3.05, 3.63) is 36.9 Å². The number of nitro groups is 2. The number of rotatable bonds is 5. The van der Waals surface area contributed by atoms with Crippen LogP contribution < -0.4 is 0 Å². The number of hydrogen-bond acceptors (Lipinski definition) is 5.